The van der Waals surface area contributed by atoms with Crippen molar-refractivity contribution in [3.63, 3.8) is 0 Å². The Labute approximate surface area is 109 Å². The van der Waals surface area contributed by atoms with Gasteiger partial charge in [-0.2, -0.15) is 0 Å². The number of benzene rings is 1. The number of hydrogen-bond donors (Lipinski definition) is 0. The van der Waals surface area contributed by atoms with Crippen LogP contribution in [0.15, 0.2) is 30.3 Å². The molecule has 0 fully saturated rings. The monoisotopic (exact) mass is 294 g/mol. The third kappa shape index (κ3) is 2.38. The van der Waals surface area contributed by atoms with Gasteiger partial charge in [0.2, 0.25) is 0 Å². The summed E-state index contributed by atoms with van der Waals surface area (Å²) in [6, 6.07) is 11.0. The average molecular weight is 295 g/mol. The van der Waals surface area contributed by atoms with Crippen molar-refractivity contribution in [3.8, 4) is 0 Å². The van der Waals surface area contributed by atoms with Gasteiger partial charge >= 0.3 is 0 Å². The van der Waals surface area contributed by atoms with Crippen LogP contribution in [0.2, 0.25) is 0 Å². The number of thiophene rings is 1. The Bertz CT molecular complexity index is 499. The van der Waals surface area contributed by atoms with Crippen LogP contribution >= 0.6 is 27.3 Å². The maximum Gasteiger partial charge on any atom is 0.0740 e. The summed E-state index contributed by atoms with van der Waals surface area (Å²) < 4.78 is 0. The van der Waals surface area contributed by atoms with Crippen molar-refractivity contribution in [2.24, 2.45) is 0 Å². The molecule has 0 radical (unpaired) electrons. The van der Waals surface area contributed by atoms with Crippen LogP contribution in [0.1, 0.15) is 31.3 Å². The minimum atomic E-state index is 0.326. The molecule has 0 spiro atoms. The minimum Gasteiger partial charge on any atom is -0.144 e. The second kappa shape index (κ2) is 4.72. The van der Waals surface area contributed by atoms with Crippen molar-refractivity contribution in [2.75, 3.05) is 0 Å². The highest BCUT2D eigenvalue weighted by atomic mass is 79.9. The van der Waals surface area contributed by atoms with Crippen LogP contribution in [0.3, 0.4) is 0 Å². The molecule has 84 valence electrons. The van der Waals surface area contributed by atoms with Gasteiger partial charge in [-0.05, 0) is 44.0 Å². The first kappa shape index (κ1) is 11.9. The van der Waals surface area contributed by atoms with Crippen LogP contribution in [0.5, 0.6) is 0 Å². The molecule has 1 unspecified atom stereocenters. The highest BCUT2D eigenvalue weighted by Gasteiger charge is 2.14. The fraction of sp³-hybridized carbons (Fsp3) is 0.286. The summed E-state index contributed by atoms with van der Waals surface area (Å²) >= 11 is 5.65. The highest BCUT2D eigenvalue weighted by Crippen LogP contribution is 2.36. The van der Waals surface area contributed by atoms with Crippen LogP contribution in [0.25, 0.3) is 0 Å². The van der Waals surface area contributed by atoms with Crippen LogP contribution in [0.4, 0.5) is 0 Å². The summed E-state index contributed by atoms with van der Waals surface area (Å²) in [4.78, 5) is 3.07. The van der Waals surface area contributed by atoms with Crippen LogP contribution in [0, 0.1) is 20.8 Å². The highest BCUT2D eigenvalue weighted by molar-refractivity contribution is 9.09. The summed E-state index contributed by atoms with van der Waals surface area (Å²) in [6.07, 6.45) is 0. The second-order valence-electron chi connectivity index (χ2n) is 4.17. The summed E-state index contributed by atoms with van der Waals surface area (Å²) in [5, 5.41) is 0. The van der Waals surface area contributed by atoms with Gasteiger partial charge in [0.05, 0.1) is 4.83 Å². The molecule has 1 atom stereocenters. The molecule has 0 saturated heterocycles. The first-order valence-corrected chi connectivity index (χ1v) is 7.08. The lowest BCUT2D eigenvalue weighted by molar-refractivity contribution is 1.17. The van der Waals surface area contributed by atoms with E-state index in [0.29, 0.717) is 4.83 Å². The fourth-order valence-corrected chi connectivity index (χ4v) is 3.67. The van der Waals surface area contributed by atoms with E-state index in [2.05, 4.69) is 67.0 Å². The summed E-state index contributed by atoms with van der Waals surface area (Å²) in [5.41, 5.74) is 4.05. The first-order chi connectivity index (χ1) is 7.58. The average Bonchev–Trinajstić information content (AvgIpc) is 2.64. The molecule has 0 bridgehead atoms. The van der Waals surface area contributed by atoms with E-state index in [9.17, 15) is 0 Å². The van der Waals surface area contributed by atoms with Crippen LogP contribution in [-0.2, 0) is 0 Å². The van der Waals surface area contributed by atoms with E-state index in [1.54, 1.807) is 0 Å². The van der Waals surface area contributed by atoms with Crippen molar-refractivity contribution < 1.29 is 0 Å². The van der Waals surface area contributed by atoms with Crippen molar-refractivity contribution >= 4 is 27.3 Å². The predicted octanol–water partition coefficient (Wildman–Crippen LogP) is 5.16. The van der Waals surface area contributed by atoms with Crippen LogP contribution in [-0.4, -0.2) is 0 Å². The van der Waals surface area contributed by atoms with Crippen molar-refractivity contribution in [3.05, 3.63) is 56.8 Å². The predicted molar refractivity (Wildman–Crippen MR) is 75.7 cm³/mol. The van der Waals surface area contributed by atoms with E-state index in [1.165, 1.54) is 26.4 Å². The lowest BCUT2D eigenvalue weighted by atomic mass is 10.0. The molecule has 2 aromatic rings. The van der Waals surface area contributed by atoms with Gasteiger partial charge in [0, 0.05) is 9.75 Å². The number of alkyl halides is 1. The molecule has 1 aromatic heterocycles. The molecule has 0 nitrogen and oxygen atoms in total. The molecule has 16 heavy (non-hydrogen) atoms. The molecule has 2 heteroatoms. The molecule has 0 aliphatic carbocycles. The van der Waals surface area contributed by atoms with Crippen molar-refractivity contribution in [2.45, 2.75) is 25.6 Å². The number of hydrogen-bond acceptors (Lipinski definition) is 1. The van der Waals surface area contributed by atoms with Crippen LogP contribution < -0.4 is 0 Å². The Balaban J connectivity index is 2.37. The Hall–Kier alpha value is -0.600. The third-order valence-electron chi connectivity index (χ3n) is 2.71. The summed E-state index contributed by atoms with van der Waals surface area (Å²) in [5.74, 6) is 0. The van der Waals surface area contributed by atoms with Crippen molar-refractivity contribution in [1.82, 2.24) is 0 Å². The summed E-state index contributed by atoms with van der Waals surface area (Å²) in [6.45, 7) is 6.46. The first-order valence-electron chi connectivity index (χ1n) is 5.35. The maximum absolute atomic E-state index is 3.79. The number of halogens is 1. The second-order valence-corrected chi connectivity index (χ2v) is 6.41. The lowest BCUT2D eigenvalue weighted by Crippen LogP contribution is -1.93. The Morgan fingerprint density at radius 1 is 1.06 bits per heavy atom. The zero-order chi connectivity index (χ0) is 11.7. The smallest absolute Gasteiger partial charge is 0.0740 e. The third-order valence-corrected chi connectivity index (χ3v) is 5.06. The van der Waals surface area contributed by atoms with E-state index in [1.807, 2.05) is 11.3 Å². The van der Waals surface area contributed by atoms with Gasteiger partial charge in [0.25, 0.3) is 0 Å². The van der Waals surface area contributed by atoms with Gasteiger partial charge in [-0.25, -0.2) is 0 Å². The maximum atomic E-state index is 3.79. The molecule has 0 aliphatic heterocycles. The Kier molecular flexibility index (Phi) is 3.50. The molecular weight excluding hydrogens is 280 g/mol. The zero-order valence-corrected chi connectivity index (χ0v) is 12.2. The molecular formula is C14H15BrS. The standard InChI is InChI=1S/C14H15BrS/c1-9-4-6-12(10(2)8-9)14(15)13-7-5-11(3)16-13/h4-8,14H,1-3H3. The van der Waals surface area contributed by atoms with Gasteiger partial charge in [-0.3, -0.25) is 0 Å². The Morgan fingerprint density at radius 3 is 2.38 bits per heavy atom. The van der Waals surface area contributed by atoms with Crippen molar-refractivity contribution in [1.29, 1.82) is 0 Å². The largest absolute Gasteiger partial charge is 0.144 e. The van der Waals surface area contributed by atoms with E-state index in [-0.39, 0.29) is 0 Å². The molecule has 0 amide bonds. The quantitative estimate of drug-likeness (QED) is 0.671. The van der Waals surface area contributed by atoms with Gasteiger partial charge < -0.3 is 0 Å². The van der Waals surface area contributed by atoms with E-state index >= 15 is 0 Å². The number of rotatable bonds is 2. The lowest BCUT2D eigenvalue weighted by Gasteiger charge is -2.12. The Morgan fingerprint density at radius 2 is 1.81 bits per heavy atom. The van der Waals surface area contributed by atoms with E-state index < -0.39 is 0 Å². The topological polar surface area (TPSA) is 0 Å². The molecule has 2 rings (SSSR count). The minimum absolute atomic E-state index is 0.326. The molecule has 1 heterocycles. The summed E-state index contributed by atoms with van der Waals surface area (Å²) in [7, 11) is 0. The normalized spacial score (nSPS) is 12.8. The van der Waals surface area contributed by atoms with Gasteiger partial charge in [-0.15, -0.1) is 11.3 Å². The van der Waals surface area contributed by atoms with Gasteiger partial charge in [0.15, 0.2) is 0 Å². The van der Waals surface area contributed by atoms with E-state index in [0.717, 1.165) is 0 Å². The molecule has 0 N–H and O–H groups in total. The van der Waals surface area contributed by atoms with Gasteiger partial charge in [-0.1, -0.05) is 39.7 Å². The fourth-order valence-electron chi connectivity index (χ4n) is 1.85. The molecule has 0 saturated carbocycles. The molecule has 1 aromatic carbocycles. The van der Waals surface area contributed by atoms with E-state index in [4.69, 9.17) is 0 Å². The van der Waals surface area contributed by atoms with Gasteiger partial charge in [0.1, 0.15) is 0 Å². The molecule has 0 aliphatic rings. The SMILES string of the molecule is Cc1ccc(C(Br)c2ccc(C)s2)c(C)c1. The number of aryl methyl sites for hydroxylation is 3. The zero-order valence-electron chi connectivity index (χ0n) is 9.75.